The first kappa shape index (κ1) is 16.4. The molecule has 0 radical (unpaired) electrons. The second-order valence-corrected chi connectivity index (χ2v) is 4.98. The number of hydrogen-bond acceptors (Lipinski definition) is 6. The molecule has 0 spiro atoms. The maximum atomic E-state index is 9.75. The molecule has 1 aliphatic rings. The van der Waals surface area contributed by atoms with Crippen molar-refractivity contribution in [2.24, 2.45) is 5.41 Å². The average molecular weight is 302 g/mol. The molecule has 1 aliphatic carbocycles. The molecule has 2 rings (SSSR count). The molecule has 6 heteroatoms. The van der Waals surface area contributed by atoms with Crippen molar-refractivity contribution >= 4 is 0 Å². The van der Waals surface area contributed by atoms with E-state index in [0.29, 0.717) is 0 Å². The lowest BCUT2D eigenvalue weighted by Crippen LogP contribution is -2.82. The molecule has 0 aromatic heterocycles. The molecule has 0 bridgehead atoms. The van der Waals surface area contributed by atoms with Gasteiger partial charge in [0.1, 0.15) is 0 Å². The van der Waals surface area contributed by atoms with Gasteiger partial charge in [0.15, 0.2) is 0 Å². The largest absolute Gasteiger partial charge is 0.348 e. The van der Waals surface area contributed by atoms with Gasteiger partial charge in [0.05, 0.1) is 18.1 Å². The number of hydrogen-bond donors (Lipinski definition) is 0. The molecule has 0 heterocycles. The zero-order valence-electron chi connectivity index (χ0n) is 13.0. The fourth-order valence-electron chi connectivity index (χ4n) is 3.56. The standard InChI is InChI=1S/C16H18N2O4/c1-19-15(20-2)13(12-8-6-5-7-9-12)14(10-17,11-18)16(15,21-3)22-4/h5-9,13H,1-4H3/t13-/m0/s1. The van der Waals surface area contributed by atoms with E-state index in [1.54, 1.807) is 0 Å². The van der Waals surface area contributed by atoms with Crippen LogP contribution in [0.5, 0.6) is 0 Å². The summed E-state index contributed by atoms with van der Waals surface area (Å²) in [6.07, 6.45) is 0. The minimum Gasteiger partial charge on any atom is -0.348 e. The predicted molar refractivity (Wildman–Crippen MR) is 76.3 cm³/mol. The highest BCUT2D eigenvalue weighted by molar-refractivity contribution is 5.46. The lowest BCUT2D eigenvalue weighted by atomic mass is 9.49. The van der Waals surface area contributed by atoms with Crippen LogP contribution in [-0.2, 0) is 18.9 Å². The van der Waals surface area contributed by atoms with Gasteiger partial charge < -0.3 is 18.9 Å². The molecule has 22 heavy (non-hydrogen) atoms. The van der Waals surface area contributed by atoms with Gasteiger partial charge in [-0.15, -0.1) is 0 Å². The molecule has 1 aromatic carbocycles. The number of rotatable bonds is 5. The van der Waals surface area contributed by atoms with Crippen molar-refractivity contribution in [2.75, 3.05) is 28.4 Å². The van der Waals surface area contributed by atoms with E-state index in [0.717, 1.165) is 5.56 Å². The van der Waals surface area contributed by atoms with Crippen molar-refractivity contribution < 1.29 is 18.9 Å². The van der Waals surface area contributed by atoms with Gasteiger partial charge in [0, 0.05) is 28.4 Å². The molecule has 1 saturated carbocycles. The van der Waals surface area contributed by atoms with Gasteiger partial charge in [-0.25, -0.2) is 0 Å². The average Bonchev–Trinajstić information content (AvgIpc) is 2.58. The summed E-state index contributed by atoms with van der Waals surface area (Å²) in [5, 5.41) is 19.5. The van der Waals surface area contributed by atoms with Gasteiger partial charge in [-0.3, -0.25) is 0 Å². The smallest absolute Gasteiger partial charge is 0.257 e. The number of nitriles is 2. The molecule has 0 saturated heterocycles. The maximum absolute atomic E-state index is 9.75. The molecule has 1 fully saturated rings. The lowest BCUT2D eigenvalue weighted by molar-refractivity contribution is -0.481. The van der Waals surface area contributed by atoms with Gasteiger partial charge >= 0.3 is 0 Å². The SMILES string of the molecule is COC1(OC)[C@@H](c2ccccc2)C(C#N)(C#N)C1(OC)OC. The highest BCUT2D eigenvalue weighted by Gasteiger charge is 2.86. The Kier molecular flexibility index (Phi) is 4.23. The van der Waals surface area contributed by atoms with E-state index in [1.165, 1.54) is 28.4 Å². The van der Waals surface area contributed by atoms with E-state index in [2.05, 4.69) is 12.1 Å². The van der Waals surface area contributed by atoms with E-state index >= 15 is 0 Å². The van der Waals surface area contributed by atoms with Gasteiger partial charge in [0.2, 0.25) is 11.2 Å². The minimum atomic E-state index is -1.66. The van der Waals surface area contributed by atoms with Crippen LogP contribution >= 0.6 is 0 Å². The quantitative estimate of drug-likeness (QED) is 0.771. The fraction of sp³-hybridized carbons (Fsp3) is 0.500. The van der Waals surface area contributed by atoms with Crippen LogP contribution in [-0.4, -0.2) is 40.0 Å². The summed E-state index contributed by atoms with van der Waals surface area (Å²) in [5.74, 6) is -3.76. The monoisotopic (exact) mass is 302 g/mol. The summed E-state index contributed by atoms with van der Waals surface area (Å²) in [4.78, 5) is 0. The van der Waals surface area contributed by atoms with Crippen LogP contribution in [0.15, 0.2) is 30.3 Å². The summed E-state index contributed by atoms with van der Waals surface area (Å²) >= 11 is 0. The summed E-state index contributed by atoms with van der Waals surface area (Å²) < 4.78 is 22.1. The van der Waals surface area contributed by atoms with Crippen LogP contribution in [0.4, 0.5) is 0 Å². The normalized spacial score (nSPS) is 23.8. The third-order valence-corrected chi connectivity index (χ3v) is 4.46. The Morgan fingerprint density at radius 1 is 0.864 bits per heavy atom. The molecule has 0 aliphatic heterocycles. The van der Waals surface area contributed by atoms with Crippen LogP contribution in [0.1, 0.15) is 11.5 Å². The minimum absolute atomic E-state index is 0.689. The second kappa shape index (κ2) is 5.68. The van der Waals surface area contributed by atoms with Crippen molar-refractivity contribution in [2.45, 2.75) is 17.5 Å². The van der Waals surface area contributed by atoms with E-state index < -0.39 is 22.9 Å². The Hall–Kier alpha value is -1.96. The Labute approximate surface area is 129 Å². The van der Waals surface area contributed by atoms with Crippen molar-refractivity contribution in [3.8, 4) is 12.1 Å². The fourth-order valence-corrected chi connectivity index (χ4v) is 3.56. The first-order valence-electron chi connectivity index (χ1n) is 6.67. The Bertz CT molecular complexity index is 595. The number of nitrogens with zero attached hydrogens (tertiary/aromatic N) is 2. The van der Waals surface area contributed by atoms with Crippen molar-refractivity contribution in [1.82, 2.24) is 0 Å². The van der Waals surface area contributed by atoms with Crippen LogP contribution in [0.3, 0.4) is 0 Å². The second-order valence-electron chi connectivity index (χ2n) is 4.98. The van der Waals surface area contributed by atoms with Gasteiger partial charge in [-0.05, 0) is 5.56 Å². The third kappa shape index (κ3) is 1.55. The lowest BCUT2D eigenvalue weighted by Gasteiger charge is -2.65. The summed E-state index contributed by atoms with van der Waals surface area (Å²) in [7, 11) is 5.59. The number of ether oxygens (including phenoxy) is 4. The predicted octanol–water partition coefficient (Wildman–Crippen LogP) is 1.80. The van der Waals surface area contributed by atoms with Crippen LogP contribution in [0, 0.1) is 28.1 Å². The van der Waals surface area contributed by atoms with E-state index in [4.69, 9.17) is 18.9 Å². The highest BCUT2D eigenvalue weighted by atomic mass is 16.8. The molecular weight excluding hydrogens is 284 g/mol. The first-order valence-corrected chi connectivity index (χ1v) is 6.67. The van der Waals surface area contributed by atoms with Crippen molar-refractivity contribution in [3.63, 3.8) is 0 Å². The van der Waals surface area contributed by atoms with Gasteiger partial charge in [0.25, 0.3) is 5.79 Å². The van der Waals surface area contributed by atoms with Gasteiger partial charge in [-0.2, -0.15) is 10.5 Å². The molecule has 0 N–H and O–H groups in total. The first-order chi connectivity index (χ1) is 10.6. The van der Waals surface area contributed by atoms with E-state index in [1.807, 2.05) is 30.3 Å². The Morgan fingerprint density at radius 2 is 1.36 bits per heavy atom. The zero-order valence-corrected chi connectivity index (χ0v) is 13.0. The van der Waals surface area contributed by atoms with Crippen LogP contribution in [0.2, 0.25) is 0 Å². The third-order valence-electron chi connectivity index (χ3n) is 4.46. The molecule has 0 amide bonds. The topological polar surface area (TPSA) is 84.5 Å². The molecule has 1 aromatic rings. The van der Waals surface area contributed by atoms with E-state index in [-0.39, 0.29) is 0 Å². The summed E-state index contributed by atoms with van der Waals surface area (Å²) in [6, 6.07) is 13.2. The number of methoxy groups -OCH3 is 4. The Morgan fingerprint density at radius 3 is 1.73 bits per heavy atom. The molecule has 116 valence electrons. The van der Waals surface area contributed by atoms with Crippen LogP contribution in [0.25, 0.3) is 0 Å². The Balaban J connectivity index is 2.75. The summed E-state index contributed by atoms with van der Waals surface area (Å²) in [6.45, 7) is 0. The molecule has 0 unspecified atom stereocenters. The van der Waals surface area contributed by atoms with Gasteiger partial charge in [-0.1, -0.05) is 30.3 Å². The van der Waals surface area contributed by atoms with Crippen molar-refractivity contribution in [1.29, 1.82) is 10.5 Å². The summed E-state index contributed by atoms with van der Waals surface area (Å²) in [5.41, 5.74) is -0.872. The number of benzene rings is 1. The zero-order chi connectivity index (χ0) is 16.4. The van der Waals surface area contributed by atoms with Crippen molar-refractivity contribution in [3.05, 3.63) is 35.9 Å². The molecule has 1 atom stereocenters. The molecule has 6 nitrogen and oxygen atoms in total. The maximum Gasteiger partial charge on any atom is 0.257 e. The molecular formula is C16H18N2O4. The van der Waals surface area contributed by atoms with Crippen LogP contribution < -0.4 is 0 Å². The highest BCUT2D eigenvalue weighted by Crippen LogP contribution is 2.68. The van der Waals surface area contributed by atoms with E-state index in [9.17, 15) is 10.5 Å².